The molecule has 5 nitrogen and oxygen atoms in total. The summed E-state index contributed by atoms with van der Waals surface area (Å²) < 4.78 is 27.3. The lowest BCUT2D eigenvalue weighted by atomic mass is 9.94. The van der Waals surface area contributed by atoms with Gasteiger partial charge < -0.3 is 10.6 Å². The van der Waals surface area contributed by atoms with Gasteiger partial charge in [0.2, 0.25) is 5.95 Å². The van der Waals surface area contributed by atoms with Crippen molar-refractivity contribution < 1.29 is 13.6 Å². The molecule has 2 aromatic rings. The van der Waals surface area contributed by atoms with E-state index in [0.717, 1.165) is 12.1 Å². The second-order valence-electron chi connectivity index (χ2n) is 5.67. The van der Waals surface area contributed by atoms with Gasteiger partial charge >= 0.3 is 0 Å². The van der Waals surface area contributed by atoms with Crippen molar-refractivity contribution in [1.82, 2.24) is 9.97 Å². The third-order valence-corrected chi connectivity index (χ3v) is 4.05. The van der Waals surface area contributed by atoms with E-state index in [-0.39, 0.29) is 23.3 Å². The van der Waals surface area contributed by atoms with Gasteiger partial charge in [-0.3, -0.25) is 4.79 Å². The third kappa shape index (κ3) is 3.05. The molecule has 7 heteroatoms. The molecule has 3 rings (SSSR count). The van der Waals surface area contributed by atoms with E-state index in [1.807, 2.05) is 4.90 Å². The van der Waals surface area contributed by atoms with Crippen LogP contribution in [0.15, 0.2) is 30.6 Å². The highest BCUT2D eigenvalue weighted by atomic mass is 19.1. The van der Waals surface area contributed by atoms with E-state index in [1.165, 1.54) is 25.4 Å². The highest BCUT2D eigenvalue weighted by molar-refractivity contribution is 5.93. The Bertz CT molecular complexity index is 735. The Morgan fingerprint density at radius 3 is 2.61 bits per heavy atom. The Balaban J connectivity index is 1.83. The molecule has 0 spiro atoms. The number of ketones is 1. The van der Waals surface area contributed by atoms with Crippen LogP contribution in [0.25, 0.3) is 0 Å². The van der Waals surface area contributed by atoms with Crippen LogP contribution in [0.3, 0.4) is 0 Å². The van der Waals surface area contributed by atoms with Gasteiger partial charge in [0.05, 0.1) is 5.56 Å². The molecule has 0 aliphatic carbocycles. The van der Waals surface area contributed by atoms with Crippen LogP contribution in [0.5, 0.6) is 0 Å². The van der Waals surface area contributed by atoms with Crippen LogP contribution < -0.4 is 10.6 Å². The van der Waals surface area contributed by atoms with Gasteiger partial charge in [-0.1, -0.05) is 0 Å². The molecule has 1 aromatic heterocycles. The number of benzene rings is 1. The number of anilines is 1. The fourth-order valence-electron chi connectivity index (χ4n) is 2.79. The van der Waals surface area contributed by atoms with Gasteiger partial charge in [0.15, 0.2) is 5.78 Å². The molecule has 2 N–H and O–H groups in total. The summed E-state index contributed by atoms with van der Waals surface area (Å²) in [5, 5.41) is 0. The first-order valence-corrected chi connectivity index (χ1v) is 7.24. The summed E-state index contributed by atoms with van der Waals surface area (Å²) in [6.07, 6.45) is 2.90. The Morgan fingerprint density at radius 2 is 1.96 bits per heavy atom. The Morgan fingerprint density at radius 1 is 1.26 bits per heavy atom. The average molecular weight is 318 g/mol. The fraction of sp³-hybridized carbons (Fsp3) is 0.312. The number of aromatic nitrogens is 2. The van der Waals surface area contributed by atoms with E-state index >= 15 is 0 Å². The minimum Gasteiger partial charge on any atom is -0.339 e. The molecule has 23 heavy (non-hydrogen) atoms. The summed E-state index contributed by atoms with van der Waals surface area (Å²) in [6.45, 7) is 2.26. The zero-order chi connectivity index (χ0) is 16.6. The lowest BCUT2D eigenvalue weighted by Gasteiger charge is -2.16. The van der Waals surface area contributed by atoms with Crippen LogP contribution in [0.1, 0.15) is 28.8 Å². The minimum atomic E-state index is -0.492. The zero-order valence-electron chi connectivity index (χ0n) is 12.5. The maximum Gasteiger partial charge on any atom is 0.225 e. The predicted molar refractivity (Wildman–Crippen MR) is 81.3 cm³/mol. The van der Waals surface area contributed by atoms with Gasteiger partial charge in [0.1, 0.15) is 11.6 Å². The van der Waals surface area contributed by atoms with Crippen molar-refractivity contribution in [3.8, 4) is 0 Å². The highest BCUT2D eigenvalue weighted by Crippen LogP contribution is 2.30. The molecular formula is C16H16F2N4O. The standard InChI is InChI=1S/C16H16F2N4O/c1-9(23)10-5-20-16(21-6-10)22-7-13(15(19)8-22)12-4-11(17)2-3-14(12)18/h2-6,13,15H,7-8,19H2,1H3/t13?,15-/m0/s1. The van der Waals surface area contributed by atoms with E-state index < -0.39 is 11.6 Å². The molecule has 0 amide bonds. The van der Waals surface area contributed by atoms with Crippen LogP contribution in [0.2, 0.25) is 0 Å². The van der Waals surface area contributed by atoms with Gasteiger partial charge in [-0.25, -0.2) is 18.7 Å². The van der Waals surface area contributed by atoms with E-state index in [2.05, 4.69) is 9.97 Å². The Labute approximate surface area is 132 Å². The Kier molecular flexibility index (Phi) is 4.04. The maximum atomic E-state index is 14.0. The van der Waals surface area contributed by atoms with Crippen LogP contribution >= 0.6 is 0 Å². The number of carbonyl (C=O) groups excluding carboxylic acids is 1. The molecule has 0 bridgehead atoms. The lowest BCUT2D eigenvalue weighted by Crippen LogP contribution is -2.29. The number of hydrogen-bond acceptors (Lipinski definition) is 5. The number of nitrogens with two attached hydrogens (primary N) is 1. The molecule has 0 saturated carbocycles. The third-order valence-electron chi connectivity index (χ3n) is 4.05. The number of Topliss-reactive ketones (excluding diaryl/α,β-unsaturated/α-hetero) is 1. The first-order valence-electron chi connectivity index (χ1n) is 7.24. The van der Waals surface area contributed by atoms with Crippen LogP contribution in [-0.4, -0.2) is 34.9 Å². The van der Waals surface area contributed by atoms with Crippen molar-refractivity contribution >= 4 is 11.7 Å². The van der Waals surface area contributed by atoms with Gasteiger partial charge in [-0.05, 0) is 30.7 Å². The monoisotopic (exact) mass is 318 g/mol. The molecule has 1 aliphatic heterocycles. The summed E-state index contributed by atoms with van der Waals surface area (Å²) in [5.74, 6) is -1.00. The SMILES string of the molecule is CC(=O)c1cnc(N2CC(c3cc(F)ccc3F)[C@@H](N)C2)nc1. The molecule has 2 atom stereocenters. The maximum absolute atomic E-state index is 14.0. The largest absolute Gasteiger partial charge is 0.339 e. The van der Waals surface area contributed by atoms with Gasteiger partial charge in [0.25, 0.3) is 0 Å². The van der Waals surface area contributed by atoms with Crippen LogP contribution in [0.4, 0.5) is 14.7 Å². The lowest BCUT2D eigenvalue weighted by molar-refractivity contribution is 0.101. The molecule has 120 valence electrons. The van der Waals surface area contributed by atoms with E-state index in [1.54, 1.807) is 0 Å². The number of carbonyl (C=O) groups is 1. The molecule has 1 aliphatic rings. The molecule has 1 unspecified atom stereocenters. The summed E-state index contributed by atoms with van der Waals surface area (Å²) in [6, 6.07) is 3.02. The molecule has 1 saturated heterocycles. The number of hydrogen-bond donors (Lipinski definition) is 1. The quantitative estimate of drug-likeness (QED) is 0.875. The van der Waals surface area contributed by atoms with Crippen molar-refractivity contribution in [3.63, 3.8) is 0 Å². The molecule has 1 fully saturated rings. The van der Waals surface area contributed by atoms with E-state index in [0.29, 0.717) is 24.6 Å². The fourth-order valence-corrected chi connectivity index (χ4v) is 2.79. The zero-order valence-corrected chi connectivity index (χ0v) is 12.5. The number of rotatable bonds is 3. The molecule has 2 heterocycles. The summed E-state index contributed by atoms with van der Waals surface area (Å²) in [4.78, 5) is 21.4. The second kappa shape index (κ2) is 6.00. The van der Waals surface area contributed by atoms with Crippen molar-refractivity contribution in [3.05, 3.63) is 53.4 Å². The predicted octanol–water partition coefficient (Wildman–Crippen LogP) is 1.89. The normalized spacial score (nSPS) is 20.8. The summed E-state index contributed by atoms with van der Waals surface area (Å²) >= 11 is 0. The molecular weight excluding hydrogens is 302 g/mol. The van der Waals surface area contributed by atoms with Crippen molar-refractivity contribution in [2.75, 3.05) is 18.0 Å². The highest BCUT2D eigenvalue weighted by Gasteiger charge is 2.34. The minimum absolute atomic E-state index is 0.116. The topological polar surface area (TPSA) is 72.1 Å². The van der Waals surface area contributed by atoms with E-state index in [9.17, 15) is 13.6 Å². The molecule has 0 radical (unpaired) electrons. The molecule has 1 aromatic carbocycles. The van der Waals surface area contributed by atoms with Gasteiger partial charge in [-0.15, -0.1) is 0 Å². The Hall–Kier alpha value is -2.41. The van der Waals surface area contributed by atoms with Crippen molar-refractivity contribution in [2.45, 2.75) is 18.9 Å². The van der Waals surface area contributed by atoms with Crippen molar-refractivity contribution in [2.24, 2.45) is 5.73 Å². The first kappa shape index (κ1) is 15.5. The average Bonchev–Trinajstić information content (AvgIpc) is 2.91. The van der Waals surface area contributed by atoms with Gasteiger partial charge in [0, 0.05) is 37.4 Å². The smallest absolute Gasteiger partial charge is 0.225 e. The summed E-state index contributed by atoms with van der Waals surface area (Å²) in [5.41, 5.74) is 6.78. The summed E-state index contributed by atoms with van der Waals surface area (Å²) in [7, 11) is 0. The van der Waals surface area contributed by atoms with E-state index in [4.69, 9.17) is 5.73 Å². The second-order valence-corrected chi connectivity index (χ2v) is 5.67. The van der Waals surface area contributed by atoms with Crippen LogP contribution in [0, 0.1) is 11.6 Å². The van der Waals surface area contributed by atoms with Gasteiger partial charge in [-0.2, -0.15) is 0 Å². The first-order chi connectivity index (χ1) is 11.0. The van der Waals surface area contributed by atoms with Crippen molar-refractivity contribution in [1.29, 1.82) is 0 Å². The number of halogens is 2. The number of nitrogens with zero attached hydrogens (tertiary/aromatic N) is 3. The van der Waals surface area contributed by atoms with Crippen LogP contribution in [-0.2, 0) is 0 Å².